The van der Waals surface area contributed by atoms with Gasteiger partial charge in [-0.1, -0.05) is 48.5 Å². The molecule has 0 aliphatic carbocycles. The van der Waals surface area contributed by atoms with Crippen LogP contribution in [0.15, 0.2) is 66.7 Å². The topological polar surface area (TPSA) is 74.7 Å². The Hall–Kier alpha value is -3.47. The molecule has 0 radical (unpaired) electrons. The maximum Gasteiger partial charge on any atom is 0.305 e. The van der Waals surface area contributed by atoms with Crippen LogP contribution in [0, 0.1) is 0 Å². The number of carbonyl (C=O) groups is 3. The number of imide groups is 1. The van der Waals surface area contributed by atoms with E-state index in [2.05, 4.69) is 0 Å². The normalized spacial score (nSPS) is 14.5. The Kier molecular flexibility index (Phi) is 3.77. The minimum Gasteiger partial charge on any atom is -0.481 e. The largest absolute Gasteiger partial charge is 0.481 e. The molecule has 26 heavy (non-hydrogen) atoms. The van der Waals surface area contributed by atoms with Gasteiger partial charge in [0.25, 0.3) is 11.8 Å². The van der Waals surface area contributed by atoms with Crippen molar-refractivity contribution in [1.82, 2.24) is 4.90 Å². The van der Waals surface area contributed by atoms with Crippen LogP contribution < -0.4 is 0 Å². The van der Waals surface area contributed by atoms with Gasteiger partial charge in [0.05, 0.1) is 23.6 Å². The molecule has 128 valence electrons. The van der Waals surface area contributed by atoms with E-state index in [-0.39, 0.29) is 6.42 Å². The quantitative estimate of drug-likeness (QED) is 0.733. The van der Waals surface area contributed by atoms with E-state index >= 15 is 0 Å². The van der Waals surface area contributed by atoms with Crippen molar-refractivity contribution < 1.29 is 19.5 Å². The van der Waals surface area contributed by atoms with Crippen molar-refractivity contribution in [3.63, 3.8) is 0 Å². The average molecular weight is 345 g/mol. The average Bonchev–Trinajstić information content (AvgIpc) is 2.90. The van der Waals surface area contributed by atoms with Crippen LogP contribution in [0.4, 0.5) is 0 Å². The van der Waals surface area contributed by atoms with Crippen molar-refractivity contribution >= 4 is 28.6 Å². The van der Waals surface area contributed by atoms with Gasteiger partial charge in [-0.25, -0.2) is 0 Å². The van der Waals surface area contributed by atoms with E-state index in [1.54, 1.807) is 30.3 Å². The first-order valence-corrected chi connectivity index (χ1v) is 8.23. The fourth-order valence-electron chi connectivity index (χ4n) is 3.43. The van der Waals surface area contributed by atoms with E-state index in [1.807, 2.05) is 36.4 Å². The highest BCUT2D eigenvalue weighted by molar-refractivity contribution is 6.21. The summed E-state index contributed by atoms with van der Waals surface area (Å²) in [6, 6.07) is 18.9. The SMILES string of the molecule is O=C(O)CC(c1ccc2ccccc2c1)N1C(=O)c2ccccc2C1=O. The first-order chi connectivity index (χ1) is 12.6. The second-order valence-electron chi connectivity index (χ2n) is 6.25. The molecule has 0 fully saturated rings. The van der Waals surface area contributed by atoms with Crippen molar-refractivity contribution in [2.75, 3.05) is 0 Å². The van der Waals surface area contributed by atoms with Gasteiger partial charge in [-0.3, -0.25) is 19.3 Å². The van der Waals surface area contributed by atoms with Gasteiger partial charge >= 0.3 is 5.97 Å². The van der Waals surface area contributed by atoms with Crippen LogP contribution in [-0.2, 0) is 4.79 Å². The molecule has 3 aromatic rings. The van der Waals surface area contributed by atoms with Crippen LogP contribution in [0.3, 0.4) is 0 Å². The number of rotatable bonds is 4. The van der Waals surface area contributed by atoms with Crippen molar-refractivity contribution in [3.8, 4) is 0 Å². The van der Waals surface area contributed by atoms with Crippen LogP contribution in [-0.4, -0.2) is 27.8 Å². The number of carbonyl (C=O) groups excluding carboxylic acids is 2. The van der Waals surface area contributed by atoms with Crippen LogP contribution in [0.2, 0.25) is 0 Å². The number of aliphatic carboxylic acids is 1. The summed E-state index contributed by atoms with van der Waals surface area (Å²) in [5.74, 6) is -1.98. The van der Waals surface area contributed by atoms with Crippen LogP contribution in [0.1, 0.15) is 38.7 Å². The molecule has 0 saturated carbocycles. The molecular weight excluding hydrogens is 330 g/mol. The third-order valence-electron chi connectivity index (χ3n) is 4.66. The van der Waals surface area contributed by atoms with Gasteiger partial charge in [-0.05, 0) is 34.5 Å². The van der Waals surface area contributed by atoms with Gasteiger partial charge in [0.15, 0.2) is 0 Å². The Labute approximate surface area is 149 Å². The molecule has 1 aliphatic rings. The lowest BCUT2D eigenvalue weighted by Gasteiger charge is -2.25. The monoisotopic (exact) mass is 345 g/mol. The summed E-state index contributed by atoms with van der Waals surface area (Å²) in [6.07, 6.45) is -0.343. The lowest BCUT2D eigenvalue weighted by Crippen LogP contribution is -2.35. The molecule has 3 aromatic carbocycles. The summed E-state index contributed by atoms with van der Waals surface area (Å²) in [5.41, 5.74) is 1.25. The molecule has 1 atom stereocenters. The Bertz CT molecular complexity index is 1020. The lowest BCUT2D eigenvalue weighted by molar-refractivity contribution is -0.138. The molecule has 4 rings (SSSR count). The predicted octanol–water partition coefficient (Wildman–Crippen LogP) is 3.65. The second kappa shape index (κ2) is 6.11. The van der Waals surface area contributed by atoms with Crippen molar-refractivity contribution in [2.24, 2.45) is 0 Å². The van der Waals surface area contributed by atoms with E-state index < -0.39 is 23.8 Å². The molecule has 0 aromatic heterocycles. The summed E-state index contributed by atoms with van der Waals surface area (Å²) >= 11 is 0. The van der Waals surface area contributed by atoms with E-state index in [0.717, 1.165) is 15.7 Å². The van der Waals surface area contributed by atoms with Gasteiger partial charge in [0, 0.05) is 0 Å². The van der Waals surface area contributed by atoms with Crippen LogP contribution in [0.25, 0.3) is 10.8 Å². The van der Waals surface area contributed by atoms with Gasteiger partial charge < -0.3 is 5.11 Å². The maximum absolute atomic E-state index is 12.8. The Morgan fingerprint density at radius 1 is 0.846 bits per heavy atom. The number of fused-ring (bicyclic) bond motifs is 2. The molecule has 2 amide bonds. The molecule has 1 N–H and O–H groups in total. The minimum atomic E-state index is -1.07. The summed E-state index contributed by atoms with van der Waals surface area (Å²) in [7, 11) is 0. The maximum atomic E-state index is 12.8. The van der Waals surface area contributed by atoms with E-state index in [4.69, 9.17) is 0 Å². The third-order valence-corrected chi connectivity index (χ3v) is 4.66. The zero-order valence-corrected chi connectivity index (χ0v) is 13.8. The van der Waals surface area contributed by atoms with Crippen molar-refractivity contribution in [2.45, 2.75) is 12.5 Å². The number of nitrogens with zero attached hydrogens (tertiary/aromatic N) is 1. The molecule has 0 spiro atoms. The van der Waals surface area contributed by atoms with E-state index in [9.17, 15) is 19.5 Å². The van der Waals surface area contributed by atoms with E-state index in [0.29, 0.717) is 16.7 Å². The molecular formula is C21H15NO4. The summed E-state index contributed by atoms with van der Waals surface area (Å²) in [4.78, 5) is 38.1. The zero-order valence-electron chi connectivity index (χ0n) is 13.8. The Morgan fingerprint density at radius 3 is 2.04 bits per heavy atom. The van der Waals surface area contributed by atoms with Crippen molar-refractivity contribution in [3.05, 3.63) is 83.4 Å². The highest BCUT2D eigenvalue weighted by Gasteiger charge is 2.41. The zero-order chi connectivity index (χ0) is 18.3. The molecule has 1 aliphatic heterocycles. The van der Waals surface area contributed by atoms with E-state index in [1.165, 1.54) is 0 Å². The lowest BCUT2D eigenvalue weighted by atomic mass is 9.98. The Balaban J connectivity index is 1.81. The van der Waals surface area contributed by atoms with Crippen molar-refractivity contribution in [1.29, 1.82) is 0 Å². The first-order valence-electron chi connectivity index (χ1n) is 8.23. The molecule has 5 nitrogen and oxygen atoms in total. The van der Waals surface area contributed by atoms with Gasteiger partial charge in [-0.15, -0.1) is 0 Å². The molecule has 1 unspecified atom stereocenters. The first kappa shape index (κ1) is 16.0. The number of hydrogen-bond donors (Lipinski definition) is 1. The fraction of sp³-hybridized carbons (Fsp3) is 0.0952. The highest BCUT2D eigenvalue weighted by Crippen LogP contribution is 2.34. The fourth-order valence-corrected chi connectivity index (χ4v) is 3.43. The number of benzene rings is 3. The number of hydrogen-bond acceptors (Lipinski definition) is 3. The summed E-state index contributed by atoms with van der Waals surface area (Å²) < 4.78 is 0. The molecule has 0 bridgehead atoms. The number of carboxylic acid groups (broad SMARTS) is 1. The third kappa shape index (κ3) is 2.54. The van der Waals surface area contributed by atoms with Crippen LogP contribution >= 0.6 is 0 Å². The predicted molar refractivity (Wildman–Crippen MR) is 95.9 cm³/mol. The molecule has 0 saturated heterocycles. The summed E-state index contributed by atoms with van der Waals surface area (Å²) in [6.45, 7) is 0. The second-order valence-corrected chi connectivity index (χ2v) is 6.25. The minimum absolute atomic E-state index is 0.314. The van der Waals surface area contributed by atoms with Gasteiger partial charge in [0.2, 0.25) is 0 Å². The smallest absolute Gasteiger partial charge is 0.305 e. The standard InChI is InChI=1S/C21H15NO4/c23-19(24)12-18(15-10-9-13-5-1-2-6-14(13)11-15)22-20(25)16-7-3-4-8-17(16)21(22)26/h1-11,18H,12H2,(H,23,24). The van der Waals surface area contributed by atoms with Gasteiger partial charge in [0.1, 0.15) is 0 Å². The summed E-state index contributed by atoms with van der Waals surface area (Å²) in [5, 5.41) is 11.3. The number of carboxylic acids is 1. The Morgan fingerprint density at radius 2 is 1.42 bits per heavy atom. The molecule has 1 heterocycles. The van der Waals surface area contributed by atoms with Crippen LogP contribution in [0.5, 0.6) is 0 Å². The number of amides is 2. The van der Waals surface area contributed by atoms with Gasteiger partial charge in [-0.2, -0.15) is 0 Å². The molecule has 5 heteroatoms. The highest BCUT2D eigenvalue weighted by atomic mass is 16.4.